The van der Waals surface area contributed by atoms with Crippen LogP contribution in [0.5, 0.6) is 0 Å². The second kappa shape index (κ2) is 6.42. The summed E-state index contributed by atoms with van der Waals surface area (Å²) in [6.45, 7) is 2.14. The molecule has 0 aromatic rings. The van der Waals surface area contributed by atoms with Gasteiger partial charge >= 0.3 is 0 Å². The molecule has 1 unspecified atom stereocenters. The van der Waals surface area contributed by atoms with E-state index in [0.29, 0.717) is 25.2 Å². The first-order valence-electron chi connectivity index (χ1n) is 6.32. The fourth-order valence-electron chi connectivity index (χ4n) is 2.52. The van der Waals surface area contributed by atoms with Crippen molar-refractivity contribution in [2.24, 2.45) is 17.4 Å². The first-order valence-corrected chi connectivity index (χ1v) is 6.32. The summed E-state index contributed by atoms with van der Waals surface area (Å²) in [7, 11) is 0. The van der Waals surface area contributed by atoms with Crippen LogP contribution in [0.3, 0.4) is 0 Å². The molecule has 1 saturated carbocycles. The average Bonchev–Trinajstić information content (AvgIpc) is 2.25. The van der Waals surface area contributed by atoms with Crippen LogP contribution in [0.2, 0.25) is 0 Å². The molecule has 2 amide bonds. The molecule has 96 valence electrons. The summed E-state index contributed by atoms with van der Waals surface area (Å²) in [6.07, 6.45) is 5.96. The highest BCUT2D eigenvalue weighted by Gasteiger charge is 2.20. The predicted octanol–water partition coefficient (Wildman–Crippen LogP) is 1.63. The van der Waals surface area contributed by atoms with E-state index in [0.717, 1.165) is 24.8 Å². The number of carbonyl (C=O) groups excluding carboxylic acids is 2. The van der Waals surface area contributed by atoms with Crippen LogP contribution in [-0.4, -0.2) is 11.8 Å². The van der Waals surface area contributed by atoms with Crippen LogP contribution < -0.4 is 11.5 Å². The van der Waals surface area contributed by atoms with Gasteiger partial charge in [-0.25, -0.2) is 0 Å². The van der Waals surface area contributed by atoms with Crippen molar-refractivity contribution in [2.45, 2.75) is 51.9 Å². The molecule has 0 saturated heterocycles. The molecule has 1 aliphatic carbocycles. The summed E-state index contributed by atoms with van der Waals surface area (Å²) in [6, 6.07) is 0. The van der Waals surface area contributed by atoms with E-state index >= 15 is 0 Å². The maximum atomic E-state index is 11.5. The Bertz CT molecular complexity index is 334. The molecule has 0 spiro atoms. The summed E-state index contributed by atoms with van der Waals surface area (Å²) < 4.78 is 0. The second-order valence-electron chi connectivity index (χ2n) is 4.83. The molecule has 4 heteroatoms. The van der Waals surface area contributed by atoms with E-state index in [1.54, 1.807) is 0 Å². The molecule has 1 rings (SSSR count). The molecule has 0 heterocycles. The van der Waals surface area contributed by atoms with E-state index in [9.17, 15) is 9.59 Å². The summed E-state index contributed by atoms with van der Waals surface area (Å²) in [5, 5.41) is 0. The first-order chi connectivity index (χ1) is 8.02. The van der Waals surface area contributed by atoms with Crippen molar-refractivity contribution in [1.82, 2.24) is 0 Å². The molecule has 4 N–H and O–H groups in total. The van der Waals surface area contributed by atoms with E-state index < -0.39 is 0 Å². The van der Waals surface area contributed by atoms with Gasteiger partial charge in [-0.15, -0.1) is 0 Å². The third-order valence-corrected chi connectivity index (χ3v) is 3.46. The average molecular weight is 238 g/mol. The highest BCUT2D eigenvalue weighted by molar-refractivity contribution is 5.92. The van der Waals surface area contributed by atoms with Gasteiger partial charge in [0.2, 0.25) is 11.8 Å². The van der Waals surface area contributed by atoms with Crippen molar-refractivity contribution in [3.05, 3.63) is 11.1 Å². The minimum absolute atomic E-state index is 0.318. The maximum absolute atomic E-state index is 11.5. The summed E-state index contributed by atoms with van der Waals surface area (Å²) >= 11 is 0. The zero-order valence-corrected chi connectivity index (χ0v) is 10.5. The lowest BCUT2D eigenvalue weighted by atomic mass is 9.81. The zero-order valence-electron chi connectivity index (χ0n) is 10.5. The van der Waals surface area contributed by atoms with Crippen LogP contribution in [0.4, 0.5) is 0 Å². The Kier molecular flexibility index (Phi) is 5.19. The van der Waals surface area contributed by atoms with Gasteiger partial charge in [-0.05, 0) is 38.0 Å². The molecular formula is C13H22N2O2. The minimum atomic E-state index is -0.335. The van der Waals surface area contributed by atoms with Gasteiger partial charge < -0.3 is 11.5 Å². The number of hydrogen-bond donors (Lipinski definition) is 2. The van der Waals surface area contributed by atoms with Gasteiger partial charge in [0.1, 0.15) is 0 Å². The molecule has 0 aromatic carbocycles. The summed E-state index contributed by atoms with van der Waals surface area (Å²) in [4.78, 5) is 22.1. The Balaban J connectivity index is 2.72. The normalized spacial score (nSPS) is 23.2. The van der Waals surface area contributed by atoms with Gasteiger partial charge in [0.15, 0.2) is 0 Å². The number of allylic oxidation sites excluding steroid dienone is 1. The Morgan fingerprint density at radius 2 is 1.94 bits per heavy atom. The molecular weight excluding hydrogens is 216 g/mol. The SMILES string of the molecule is CC1CCCCC1=C(CCCC(N)=O)C(N)=O. The van der Waals surface area contributed by atoms with Crippen molar-refractivity contribution in [2.75, 3.05) is 0 Å². The topological polar surface area (TPSA) is 86.2 Å². The molecule has 0 bridgehead atoms. The van der Waals surface area contributed by atoms with Crippen LogP contribution >= 0.6 is 0 Å². The molecule has 17 heavy (non-hydrogen) atoms. The first kappa shape index (κ1) is 13.7. The fourth-order valence-corrected chi connectivity index (χ4v) is 2.52. The highest BCUT2D eigenvalue weighted by Crippen LogP contribution is 2.32. The second-order valence-corrected chi connectivity index (χ2v) is 4.83. The Hall–Kier alpha value is -1.32. The van der Waals surface area contributed by atoms with E-state index in [1.807, 2.05) is 0 Å². The Labute approximate surface area is 102 Å². The standard InChI is InChI=1S/C13H22N2O2/c1-9-5-2-3-6-10(9)11(13(15)17)7-4-8-12(14)16/h9H,2-8H2,1H3,(H2,14,16)(H2,15,17). The zero-order chi connectivity index (χ0) is 12.8. The van der Waals surface area contributed by atoms with Crippen LogP contribution in [0.1, 0.15) is 51.9 Å². The Morgan fingerprint density at radius 3 is 2.47 bits per heavy atom. The van der Waals surface area contributed by atoms with Crippen molar-refractivity contribution in [3.63, 3.8) is 0 Å². The van der Waals surface area contributed by atoms with Crippen molar-refractivity contribution < 1.29 is 9.59 Å². The van der Waals surface area contributed by atoms with Crippen LogP contribution in [0.25, 0.3) is 0 Å². The van der Waals surface area contributed by atoms with Crippen molar-refractivity contribution >= 4 is 11.8 Å². The van der Waals surface area contributed by atoms with Crippen LogP contribution in [0.15, 0.2) is 11.1 Å². The van der Waals surface area contributed by atoms with Gasteiger partial charge in [-0.2, -0.15) is 0 Å². The third-order valence-electron chi connectivity index (χ3n) is 3.46. The van der Waals surface area contributed by atoms with Gasteiger partial charge in [0.05, 0.1) is 0 Å². The minimum Gasteiger partial charge on any atom is -0.370 e. The van der Waals surface area contributed by atoms with Gasteiger partial charge in [-0.3, -0.25) is 9.59 Å². The van der Waals surface area contributed by atoms with Gasteiger partial charge in [0.25, 0.3) is 0 Å². The summed E-state index contributed by atoms with van der Waals surface area (Å²) in [5.41, 5.74) is 12.5. The largest absolute Gasteiger partial charge is 0.370 e. The molecule has 4 nitrogen and oxygen atoms in total. The van der Waals surface area contributed by atoms with Crippen LogP contribution in [-0.2, 0) is 9.59 Å². The molecule has 0 radical (unpaired) electrons. The van der Waals surface area contributed by atoms with Crippen LogP contribution in [0, 0.1) is 5.92 Å². The summed E-state index contributed by atoms with van der Waals surface area (Å²) in [5.74, 6) is -0.214. The lowest BCUT2D eigenvalue weighted by molar-refractivity contribution is -0.118. The third kappa shape index (κ3) is 4.21. The molecule has 1 aliphatic rings. The maximum Gasteiger partial charge on any atom is 0.244 e. The molecule has 0 aliphatic heterocycles. The van der Waals surface area contributed by atoms with Gasteiger partial charge in [-0.1, -0.05) is 18.9 Å². The van der Waals surface area contributed by atoms with E-state index in [1.165, 1.54) is 12.0 Å². The lowest BCUT2D eigenvalue weighted by Gasteiger charge is -2.24. The predicted molar refractivity (Wildman–Crippen MR) is 66.9 cm³/mol. The number of carbonyl (C=O) groups is 2. The quantitative estimate of drug-likeness (QED) is 0.713. The number of rotatable bonds is 5. The molecule has 1 fully saturated rings. The molecule has 1 atom stereocenters. The molecule has 0 aromatic heterocycles. The fraction of sp³-hybridized carbons (Fsp3) is 0.692. The van der Waals surface area contributed by atoms with Crippen molar-refractivity contribution in [1.29, 1.82) is 0 Å². The van der Waals surface area contributed by atoms with E-state index in [-0.39, 0.29) is 11.8 Å². The smallest absolute Gasteiger partial charge is 0.244 e. The van der Waals surface area contributed by atoms with E-state index in [2.05, 4.69) is 6.92 Å². The van der Waals surface area contributed by atoms with Crippen molar-refractivity contribution in [3.8, 4) is 0 Å². The monoisotopic (exact) mass is 238 g/mol. The Morgan fingerprint density at radius 1 is 1.24 bits per heavy atom. The number of nitrogens with two attached hydrogens (primary N) is 2. The lowest BCUT2D eigenvalue weighted by Crippen LogP contribution is -2.20. The number of amides is 2. The highest BCUT2D eigenvalue weighted by atomic mass is 16.1. The number of hydrogen-bond acceptors (Lipinski definition) is 2. The van der Waals surface area contributed by atoms with E-state index in [4.69, 9.17) is 11.5 Å². The van der Waals surface area contributed by atoms with Gasteiger partial charge in [0, 0.05) is 12.0 Å². The number of primary amides is 2.